The average Bonchev–Trinajstić information content (AvgIpc) is 2.30. The van der Waals surface area contributed by atoms with Gasteiger partial charge < -0.3 is 0 Å². The van der Waals surface area contributed by atoms with E-state index in [9.17, 15) is 0 Å². The smallest absolute Gasteiger partial charge is 0.0174 e. The maximum atomic E-state index is 4.08. The Morgan fingerprint density at radius 1 is 1.00 bits per heavy atom. The lowest BCUT2D eigenvalue weighted by molar-refractivity contribution is 0.680. The molecule has 1 aromatic carbocycles. The lowest BCUT2D eigenvalue weighted by atomic mass is 9.92. The van der Waals surface area contributed by atoms with Crippen LogP contribution in [0.15, 0.2) is 54.1 Å². The van der Waals surface area contributed by atoms with Crippen molar-refractivity contribution in [2.45, 2.75) is 41.0 Å². The summed E-state index contributed by atoms with van der Waals surface area (Å²) in [7, 11) is 0. The van der Waals surface area contributed by atoms with Crippen LogP contribution in [0, 0.1) is 5.92 Å². The number of hydrogen-bond donors (Lipinski definition) is 0. The highest BCUT2D eigenvalue weighted by Gasteiger charge is 2.07. The fourth-order valence-corrected chi connectivity index (χ4v) is 2.30. The van der Waals surface area contributed by atoms with Crippen LogP contribution < -0.4 is 0 Å². The van der Waals surface area contributed by atoms with E-state index in [1.54, 1.807) is 0 Å². The molecule has 0 aliphatic rings. The Bertz CT molecular complexity index is 493. The predicted molar refractivity (Wildman–Crippen MR) is 87.2 cm³/mol. The molecular weight excluding hydrogens is 228 g/mol. The Balaban J connectivity index is 2.97. The van der Waals surface area contributed by atoms with Gasteiger partial charge in [-0.3, -0.25) is 0 Å². The minimum atomic E-state index is 0.537. The van der Waals surface area contributed by atoms with Crippen molar-refractivity contribution in [3.8, 4) is 0 Å². The summed E-state index contributed by atoms with van der Waals surface area (Å²) in [4.78, 5) is 0. The highest BCUT2D eigenvalue weighted by molar-refractivity contribution is 5.79. The van der Waals surface area contributed by atoms with Gasteiger partial charge in [-0.05, 0) is 56.7 Å². The fourth-order valence-electron chi connectivity index (χ4n) is 2.30. The summed E-state index contributed by atoms with van der Waals surface area (Å²) in [6.07, 6.45) is 1.06. The molecular formula is C19H26. The molecule has 0 amide bonds. The molecule has 0 saturated heterocycles. The molecule has 0 nitrogen and oxygen atoms in total. The number of hydrogen-bond acceptors (Lipinski definition) is 0. The largest absolute Gasteiger partial charge is 0.0999 e. The fraction of sp³-hybridized carbons (Fsp3) is 0.368. The molecule has 0 aromatic heterocycles. The van der Waals surface area contributed by atoms with Crippen LogP contribution in [-0.2, 0) is 6.42 Å². The van der Waals surface area contributed by atoms with Gasteiger partial charge in [0.05, 0.1) is 0 Å². The Kier molecular flexibility index (Phi) is 5.35. The molecule has 0 saturated carbocycles. The van der Waals surface area contributed by atoms with Crippen LogP contribution in [0.4, 0.5) is 0 Å². The van der Waals surface area contributed by atoms with Crippen molar-refractivity contribution in [1.82, 2.24) is 0 Å². The molecule has 0 spiro atoms. The zero-order chi connectivity index (χ0) is 14.6. The summed E-state index contributed by atoms with van der Waals surface area (Å²) in [5.74, 6) is 0.537. The van der Waals surface area contributed by atoms with E-state index >= 15 is 0 Å². The third kappa shape index (κ3) is 4.24. The maximum Gasteiger partial charge on any atom is -0.0174 e. The molecule has 1 unspecified atom stereocenters. The van der Waals surface area contributed by atoms with Crippen LogP contribution in [0.2, 0.25) is 0 Å². The van der Waals surface area contributed by atoms with Crippen LogP contribution in [0.3, 0.4) is 0 Å². The van der Waals surface area contributed by atoms with Gasteiger partial charge in [-0.15, -0.1) is 0 Å². The van der Waals surface area contributed by atoms with Gasteiger partial charge in [0.1, 0.15) is 0 Å². The second-order valence-corrected chi connectivity index (χ2v) is 5.80. The zero-order valence-corrected chi connectivity index (χ0v) is 13.0. The van der Waals surface area contributed by atoms with E-state index in [0.29, 0.717) is 5.92 Å². The second kappa shape index (κ2) is 6.56. The van der Waals surface area contributed by atoms with Gasteiger partial charge in [-0.1, -0.05) is 61.1 Å². The standard InChI is InChI=1S/C19H26/c1-13(2)16(7)12-17-8-10-18(11-9-17)19(14(3)4)15(5)6/h8-11,16H,1,3,12H2,2,4-7H3. The summed E-state index contributed by atoms with van der Waals surface area (Å²) < 4.78 is 0. The van der Waals surface area contributed by atoms with E-state index in [2.05, 4.69) is 72.0 Å². The Morgan fingerprint density at radius 3 is 1.89 bits per heavy atom. The van der Waals surface area contributed by atoms with E-state index in [1.165, 1.54) is 27.8 Å². The minimum Gasteiger partial charge on any atom is -0.0999 e. The molecule has 1 rings (SSSR count). The molecule has 0 N–H and O–H groups in total. The predicted octanol–water partition coefficient (Wildman–Crippen LogP) is 5.81. The van der Waals surface area contributed by atoms with Gasteiger partial charge in [-0.25, -0.2) is 0 Å². The molecule has 19 heavy (non-hydrogen) atoms. The maximum absolute atomic E-state index is 4.08. The van der Waals surface area contributed by atoms with Crippen molar-refractivity contribution >= 4 is 5.57 Å². The summed E-state index contributed by atoms with van der Waals surface area (Å²) in [5, 5.41) is 0. The Hall–Kier alpha value is -1.56. The van der Waals surface area contributed by atoms with Crippen LogP contribution in [0.1, 0.15) is 45.7 Å². The third-order valence-electron chi connectivity index (χ3n) is 3.55. The van der Waals surface area contributed by atoms with Crippen LogP contribution >= 0.6 is 0 Å². The topological polar surface area (TPSA) is 0 Å². The molecule has 1 aromatic rings. The van der Waals surface area contributed by atoms with Crippen LogP contribution in [0.25, 0.3) is 5.57 Å². The van der Waals surface area contributed by atoms with E-state index in [-0.39, 0.29) is 0 Å². The highest BCUT2D eigenvalue weighted by Crippen LogP contribution is 2.26. The van der Waals surface area contributed by atoms with Crippen LogP contribution in [-0.4, -0.2) is 0 Å². The van der Waals surface area contributed by atoms with E-state index < -0.39 is 0 Å². The molecule has 0 aliphatic carbocycles. The quantitative estimate of drug-likeness (QED) is 0.459. The molecule has 1 atom stereocenters. The first-order chi connectivity index (χ1) is 8.82. The molecule has 0 heterocycles. The highest BCUT2D eigenvalue weighted by atomic mass is 14.1. The summed E-state index contributed by atoms with van der Waals surface area (Å²) in [6, 6.07) is 8.86. The first kappa shape index (κ1) is 15.5. The monoisotopic (exact) mass is 254 g/mol. The Labute approximate surface area is 118 Å². The second-order valence-electron chi connectivity index (χ2n) is 5.80. The van der Waals surface area contributed by atoms with Gasteiger partial charge >= 0.3 is 0 Å². The first-order valence-corrected chi connectivity index (χ1v) is 6.91. The molecule has 0 aliphatic heterocycles. The van der Waals surface area contributed by atoms with Gasteiger partial charge in [-0.2, -0.15) is 0 Å². The van der Waals surface area contributed by atoms with Gasteiger partial charge in [0.25, 0.3) is 0 Å². The zero-order valence-electron chi connectivity index (χ0n) is 13.0. The molecule has 0 bridgehead atoms. The van der Waals surface area contributed by atoms with E-state index in [1.807, 2.05) is 0 Å². The number of allylic oxidation sites excluding steroid dienone is 4. The summed E-state index contributed by atoms with van der Waals surface area (Å²) in [5.41, 5.74) is 7.60. The van der Waals surface area contributed by atoms with Crippen molar-refractivity contribution in [3.05, 3.63) is 65.3 Å². The Morgan fingerprint density at radius 2 is 1.53 bits per heavy atom. The molecule has 0 fully saturated rings. The normalized spacial score (nSPS) is 11.8. The molecule has 0 radical (unpaired) electrons. The first-order valence-electron chi connectivity index (χ1n) is 6.91. The van der Waals surface area contributed by atoms with E-state index in [0.717, 1.165) is 12.0 Å². The number of rotatable bonds is 5. The van der Waals surface area contributed by atoms with Crippen LogP contribution in [0.5, 0.6) is 0 Å². The third-order valence-corrected chi connectivity index (χ3v) is 3.55. The van der Waals surface area contributed by atoms with Crippen molar-refractivity contribution < 1.29 is 0 Å². The van der Waals surface area contributed by atoms with Gasteiger partial charge in [0, 0.05) is 0 Å². The van der Waals surface area contributed by atoms with Crippen molar-refractivity contribution in [3.63, 3.8) is 0 Å². The lowest BCUT2D eigenvalue weighted by Gasteiger charge is -2.13. The van der Waals surface area contributed by atoms with E-state index in [4.69, 9.17) is 0 Å². The minimum absolute atomic E-state index is 0.537. The average molecular weight is 254 g/mol. The van der Waals surface area contributed by atoms with Gasteiger partial charge in [0.2, 0.25) is 0 Å². The SMILES string of the molecule is C=C(C)C(=C(C)C)c1ccc(CC(C)C(=C)C)cc1. The van der Waals surface area contributed by atoms with Crippen molar-refractivity contribution in [1.29, 1.82) is 0 Å². The summed E-state index contributed by atoms with van der Waals surface area (Å²) >= 11 is 0. The van der Waals surface area contributed by atoms with Gasteiger partial charge in [0.15, 0.2) is 0 Å². The van der Waals surface area contributed by atoms with Crippen molar-refractivity contribution in [2.24, 2.45) is 5.92 Å². The number of benzene rings is 1. The molecule has 102 valence electrons. The van der Waals surface area contributed by atoms with Crippen molar-refractivity contribution in [2.75, 3.05) is 0 Å². The summed E-state index contributed by atoms with van der Waals surface area (Å²) in [6.45, 7) is 18.8. The lowest BCUT2D eigenvalue weighted by Crippen LogP contribution is -2.00. The molecule has 0 heteroatoms.